The Morgan fingerprint density at radius 3 is 2.83 bits per heavy atom. The van der Waals surface area contributed by atoms with Crippen molar-refractivity contribution in [3.8, 4) is 11.4 Å². The number of methoxy groups -OCH3 is 1. The second-order valence-corrected chi connectivity index (χ2v) is 6.85. The zero-order valence-corrected chi connectivity index (χ0v) is 17.2. The van der Waals surface area contributed by atoms with Crippen molar-refractivity contribution < 1.29 is 9.53 Å². The minimum atomic E-state index is -0.128. The van der Waals surface area contributed by atoms with Gasteiger partial charge >= 0.3 is 0 Å². The van der Waals surface area contributed by atoms with Crippen molar-refractivity contribution in [3.05, 3.63) is 71.5 Å². The van der Waals surface area contributed by atoms with Gasteiger partial charge in [0.2, 0.25) is 0 Å². The van der Waals surface area contributed by atoms with E-state index in [1.165, 1.54) is 0 Å². The van der Waals surface area contributed by atoms with Crippen LogP contribution < -0.4 is 10.1 Å². The number of nitrogens with zero attached hydrogens (tertiary/aromatic N) is 4. The maximum absolute atomic E-state index is 13.2. The zero-order valence-electron chi connectivity index (χ0n) is 16.4. The van der Waals surface area contributed by atoms with Crippen molar-refractivity contribution in [1.29, 1.82) is 0 Å². The molecule has 1 atom stereocenters. The first-order valence-corrected chi connectivity index (χ1v) is 9.31. The maximum atomic E-state index is 13.2. The molecule has 1 aliphatic rings. The number of ether oxygens (including phenoxy) is 1. The van der Waals surface area contributed by atoms with Gasteiger partial charge in [0.05, 0.1) is 25.0 Å². The van der Waals surface area contributed by atoms with E-state index in [0.717, 1.165) is 29.1 Å². The van der Waals surface area contributed by atoms with E-state index in [2.05, 4.69) is 15.6 Å². The molecule has 1 aliphatic heterocycles. The monoisotopic (exact) mass is 413 g/mol. The average Bonchev–Trinajstić information content (AvgIpc) is 3.23. The summed E-state index contributed by atoms with van der Waals surface area (Å²) < 4.78 is 7.15. The fourth-order valence-corrected chi connectivity index (χ4v) is 3.57. The van der Waals surface area contributed by atoms with E-state index in [1.807, 2.05) is 60.4 Å². The molecule has 8 heteroatoms. The number of halogens is 1. The molecular weight excluding hydrogens is 390 g/mol. The quantitative estimate of drug-likeness (QED) is 0.712. The van der Waals surface area contributed by atoms with E-state index >= 15 is 0 Å². The fourth-order valence-electron chi connectivity index (χ4n) is 3.57. The van der Waals surface area contributed by atoms with Gasteiger partial charge < -0.3 is 15.0 Å². The summed E-state index contributed by atoms with van der Waals surface area (Å²) in [5.41, 5.74) is 3.33. The minimum Gasteiger partial charge on any atom is -0.496 e. The van der Waals surface area contributed by atoms with Crippen LogP contribution in [0.4, 0.5) is 0 Å². The highest BCUT2D eigenvalue weighted by molar-refractivity contribution is 5.92. The van der Waals surface area contributed by atoms with Gasteiger partial charge in [-0.3, -0.25) is 4.79 Å². The van der Waals surface area contributed by atoms with Crippen LogP contribution in [0.2, 0.25) is 0 Å². The Labute approximate surface area is 176 Å². The molecule has 2 heterocycles. The molecule has 0 bridgehead atoms. The first kappa shape index (κ1) is 20.8. The summed E-state index contributed by atoms with van der Waals surface area (Å²) in [4.78, 5) is 15.1. The van der Waals surface area contributed by atoms with Crippen LogP contribution in [0.3, 0.4) is 0 Å². The summed E-state index contributed by atoms with van der Waals surface area (Å²) in [7, 11) is 1.65. The lowest BCUT2D eigenvalue weighted by molar-refractivity contribution is 0.0625. The van der Waals surface area contributed by atoms with Gasteiger partial charge in [-0.1, -0.05) is 35.5 Å². The molecule has 29 heavy (non-hydrogen) atoms. The van der Waals surface area contributed by atoms with Gasteiger partial charge in [-0.15, -0.1) is 17.5 Å². The maximum Gasteiger partial charge on any atom is 0.276 e. The molecule has 1 unspecified atom stereocenters. The summed E-state index contributed by atoms with van der Waals surface area (Å²) in [6, 6.07) is 15.6. The van der Waals surface area contributed by atoms with E-state index in [0.29, 0.717) is 18.8 Å². The number of rotatable bonds is 4. The second-order valence-electron chi connectivity index (χ2n) is 6.85. The van der Waals surface area contributed by atoms with Gasteiger partial charge in [-0.05, 0) is 30.7 Å². The average molecular weight is 414 g/mol. The molecule has 152 valence electrons. The van der Waals surface area contributed by atoms with Crippen LogP contribution in [0.5, 0.6) is 5.75 Å². The van der Waals surface area contributed by atoms with E-state index in [4.69, 9.17) is 4.74 Å². The van der Waals surface area contributed by atoms with Crippen LogP contribution >= 0.6 is 12.4 Å². The number of nitrogens with one attached hydrogen (secondary N) is 1. The number of carbonyl (C=O) groups is 1. The number of para-hydroxylation sites is 1. The molecule has 7 nitrogen and oxygen atoms in total. The van der Waals surface area contributed by atoms with Gasteiger partial charge in [0.15, 0.2) is 5.69 Å². The van der Waals surface area contributed by atoms with Crippen molar-refractivity contribution in [2.75, 3.05) is 26.7 Å². The number of benzene rings is 2. The Morgan fingerprint density at radius 1 is 1.21 bits per heavy atom. The Kier molecular flexibility index (Phi) is 6.51. The number of hydrogen-bond acceptors (Lipinski definition) is 5. The number of amides is 1. The predicted molar refractivity (Wildman–Crippen MR) is 113 cm³/mol. The minimum absolute atomic E-state index is 0. The summed E-state index contributed by atoms with van der Waals surface area (Å²) in [5.74, 6) is 0.647. The van der Waals surface area contributed by atoms with E-state index < -0.39 is 0 Å². The molecular formula is C21H24ClN5O2. The molecule has 1 fully saturated rings. The van der Waals surface area contributed by atoms with Crippen LogP contribution in [-0.4, -0.2) is 52.5 Å². The van der Waals surface area contributed by atoms with Gasteiger partial charge in [0, 0.05) is 25.2 Å². The first-order chi connectivity index (χ1) is 13.7. The molecule has 0 aliphatic carbocycles. The largest absolute Gasteiger partial charge is 0.496 e. The molecule has 3 aromatic rings. The predicted octanol–water partition coefficient (Wildman–Crippen LogP) is 2.79. The lowest BCUT2D eigenvalue weighted by Gasteiger charge is -2.36. The highest BCUT2D eigenvalue weighted by Crippen LogP contribution is 2.31. The molecule has 2 aromatic carbocycles. The van der Waals surface area contributed by atoms with Crippen molar-refractivity contribution in [2.24, 2.45) is 0 Å². The molecule has 1 aromatic heterocycles. The molecule has 0 radical (unpaired) electrons. The number of piperazine rings is 1. The highest BCUT2D eigenvalue weighted by atomic mass is 35.5. The fraction of sp³-hybridized carbons (Fsp3) is 0.286. The highest BCUT2D eigenvalue weighted by Gasteiger charge is 2.31. The Hall–Kier alpha value is -2.90. The third kappa shape index (κ3) is 4.26. The number of aromatic nitrogens is 3. The number of carbonyl (C=O) groups excluding carboxylic acids is 1. The lowest BCUT2D eigenvalue weighted by Crippen LogP contribution is -2.48. The van der Waals surface area contributed by atoms with Crippen LogP contribution in [-0.2, 0) is 0 Å². The third-order valence-electron chi connectivity index (χ3n) is 4.98. The van der Waals surface area contributed by atoms with Crippen LogP contribution in [0.15, 0.2) is 54.7 Å². The SMILES string of the molecule is COc1ccccc1C1CNCCN1C(=O)c1cn(-c2cccc(C)c2)nn1.Cl. The van der Waals surface area contributed by atoms with Gasteiger partial charge in [0.25, 0.3) is 5.91 Å². The lowest BCUT2D eigenvalue weighted by atomic mass is 10.0. The van der Waals surface area contributed by atoms with E-state index in [1.54, 1.807) is 18.0 Å². The van der Waals surface area contributed by atoms with Crippen molar-refractivity contribution in [2.45, 2.75) is 13.0 Å². The topological polar surface area (TPSA) is 72.3 Å². The molecule has 0 saturated carbocycles. The van der Waals surface area contributed by atoms with E-state index in [9.17, 15) is 4.79 Å². The molecule has 1 N–H and O–H groups in total. The Bertz CT molecular complexity index is 990. The number of hydrogen-bond donors (Lipinski definition) is 1. The van der Waals surface area contributed by atoms with Crippen molar-refractivity contribution in [1.82, 2.24) is 25.2 Å². The number of aryl methyl sites for hydroxylation is 1. The van der Waals surface area contributed by atoms with Gasteiger partial charge in [-0.2, -0.15) is 0 Å². The van der Waals surface area contributed by atoms with Crippen LogP contribution in [0.1, 0.15) is 27.7 Å². The van der Waals surface area contributed by atoms with Crippen LogP contribution in [0.25, 0.3) is 5.69 Å². The van der Waals surface area contributed by atoms with Crippen LogP contribution in [0, 0.1) is 6.92 Å². The Morgan fingerprint density at radius 2 is 2.03 bits per heavy atom. The van der Waals surface area contributed by atoms with Crippen molar-refractivity contribution >= 4 is 18.3 Å². The standard InChI is InChI=1S/C21H23N5O2.ClH/c1-15-6-5-7-16(12-15)26-14-18(23-24-26)21(27)25-11-10-22-13-19(25)17-8-3-4-9-20(17)28-2;/h3-9,12,14,19,22H,10-11,13H2,1-2H3;1H. The summed E-state index contributed by atoms with van der Waals surface area (Å²) >= 11 is 0. The summed E-state index contributed by atoms with van der Waals surface area (Å²) in [5, 5.41) is 11.7. The molecule has 4 rings (SSSR count). The normalized spacial score (nSPS) is 16.2. The van der Waals surface area contributed by atoms with Crippen molar-refractivity contribution in [3.63, 3.8) is 0 Å². The third-order valence-corrected chi connectivity index (χ3v) is 4.98. The van der Waals surface area contributed by atoms with Gasteiger partial charge in [-0.25, -0.2) is 4.68 Å². The molecule has 0 spiro atoms. The smallest absolute Gasteiger partial charge is 0.276 e. The molecule has 1 amide bonds. The summed E-state index contributed by atoms with van der Waals surface area (Å²) in [6.45, 7) is 4.02. The van der Waals surface area contributed by atoms with E-state index in [-0.39, 0.29) is 24.4 Å². The van der Waals surface area contributed by atoms with Gasteiger partial charge in [0.1, 0.15) is 5.75 Å². The first-order valence-electron chi connectivity index (χ1n) is 9.31. The Balaban J connectivity index is 0.00000240. The zero-order chi connectivity index (χ0) is 19.5. The molecule has 1 saturated heterocycles. The second kappa shape index (κ2) is 9.07. The summed E-state index contributed by atoms with van der Waals surface area (Å²) in [6.07, 6.45) is 1.69.